The predicted octanol–water partition coefficient (Wildman–Crippen LogP) is 4.18. The fourth-order valence-corrected chi connectivity index (χ4v) is 4.31. The van der Waals surface area contributed by atoms with Crippen molar-refractivity contribution in [1.29, 1.82) is 0 Å². The first-order valence-corrected chi connectivity index (χ1v) is 6.79. The second-order valence-electron chi connectivity index (χ2n) is 6.61. The summed E-state index contributed by atoms with van der Waals surface area (Å²) < 4.78 is 0. The van der Waals surface area contributed by atoms with E-state index in [1.165, 1.54) is 18.4 Å². The molecule has 0 spiro atoms. The number of aromatic hydroxyl groups is 1. The molecule has 2 fully saturated rings. The molecular weight excluding hydrogens is 208 g/mol. The molecule has 2 bridgehead atoms. The van der Waals surface area contributed by atoms with Crippen LogP contribution < -0.4 is 0 Å². The second kappa shape index (κ2) is 3.51. The summed E-state index contributed by atoms with van der Waals surface area (Å²) in [5.41, 5.74) is 1.67. The number of fused-ring (bicyclic) bond motifs is 2. The van der Waals surface area contributed by atoms with Gasteiger partial charge in [-0.1, -0.05) is 39.0 Å². The molecule has 0 unspecified atom stereocenters. The lowest BCUT2D eigenvalue weighted by atomic mass is 9.65. The first kappa shape index (κ1) is 11.1. The standard InChI is InChI=1S/C16H22O/c1-10-13-8-11(16(10,2)3)9-14(13)12-6-4-5-7-15(12)17/h4-7,10-11,13-14,17H,8-9H2,1-3H3/t10-,11+,13+,14+/m1/s1. The Morgan fingerprint density at radius 1 is 1.18 bits per heavy atom. The van der Waals surface area contributed by atoms with Crippen LogP contribution in [0.5, 0.6) is 5.75 Å². The molecule has 0 radical (unpaired) electrons. The molecule has 1 N–H and O–H groups in total. The van der Waals surface area contributed by atoms with Gasteiger partial charge in [0.05, 0.1) is 0 Å². The monoisotopic (exact) mass is 230 g/mol. The normalized spacial score (nSPS) is 38.5. The molecule has 17 heavy (non-hydrogen) atoms. The minimum absolute atomic E-state index is 0.492. The van der Waals surface area contributed by atoms with E-state index in [1.54, 1.807) is 0 Å². The highest BCUT2D eigenvalue weighted by atomic mass is 16.3. The van der Waals surface area contributed by atoms with Crippen LogP contribution in [0.1, 0.15) is 45.1 Å². The third-order valence-corrected chi connectivity index (χ3v) is 5.82. The van der Waals surface area contributed by atoms with E-state index in [0.717, 1.165) is 17.8 Å². The number of hydrogen-bond acceptors (Lipinski definition) is 1. The topological polar surface area (TPSA) is 20.2 Å². The maximum Gasteiger partial charge on any atom is 0.119 e. The van der Waals surface area contributed by atoms with E-state index in [0.29, 0.717) is 17.1 Å². The zero-order chi connectivity index (χ0) is 12.2. The average Bonchev–Trinajstić information content (AvgIpc) is 2.80. The van der Waals surface area contributed by atoms with Gasteiger partial charge in [-0.2, -0.15) is 0 Å². The Labute approximate surface area is 104 Å². The van der Waals surface area contributed by atoms with Crippen molar-refractivity contribution >= 4 is 0 Å². The highest BCUT2D eigenvalue weighted by molar-refractivity contribution is 5.37. The van der Waals surface area contributed by atoms with Crippen molar-refractivity contribution < 1.29 is 5.11 Å². The fourth-order valence-electron chi connectivity index (χ4n) is 4.31. The van der Waals surface area contributed by atoms with E-state index in [9.17, 15) is 5.11 Å². The largest absolute Gasteiger partial charge is 0.508 e. The van der Waals surface area contributed by atoms with Gasteiger partial charge in [-0.15, -0.1) is 0 Å². The molecule has 0 aliphatic heterocycles. The molecule has 0 saturated heterocycles. The van der Waals surface area contributed by atoms with Gasteiger partial charge in [-0.3, -0.25) is 0 Å². The molecule has 1 aromatic carbocycles. The Balaban J connectivity index is 1.93. The van der Waals surface area contributed by atoms with Crippen LogP contribution >= 0.6 is 0 Å². The Bertz CT molecular complexity index is 431. The first-order valence-electron chi connectivity index (χ1n) is 6.79. The first-order chi connectivity index (χ1) is 8.01. The number of hydrogen-bond donors (Lipinski definition) is 1. The van der Waals surface area contributed by atoms with Crippen LogP contribution in [-0.4, -0.2) is 5.11 Å². The van der Waals surface area contributed by atoms with Gasteiger partial charge < -0.3 is 5.11 Å². The highest BCUT2D eigenvalue weighted by Gasteiger charge is 2.55. The molecule has 0 heterocycles. The van der Waals surface area contributed by atoms with Gasteiger partial charge in [0.1, 0.15) is 5.75 Å². The van der Waals surface area contributed by atoms with Crippen molar-refractivity contribution in [3.8, 4) is 5.75 Å². The summed E-state index contributed by atoms with van der Waals surface area (Å²) in [6.07, 6.45) is 2.62. The zero-order valence-corrected chi connectivity index (χ0v) is 11.0. The molecule has 0 amide bonds. The molecule has 2 aliphatic carbocycles. The Hall–Kier alpha value is -0.980. The van der Waals surface area contributed by atoms with Crippen LogP contribution in [0.3, 0.4) is 0 Å². The number of benzene rings is 1. The molecule has 3 rings (SSSR count). The van der Waals surface area contributed by atoms with Crippen molar-refractivity contribution in [2.75, 3.05) is 0 Å². The lowest BCUT2D eigenvalue weighted by Crippen LogP contribution is -2.32. The molecular formula is C16H22O. The van der Waals surface area contributed by atoms with Gasteiger partial charge in [0.25, 0.3) is 0 Å². The third kappa shape index (κ3) is 1.44. The van der Waals surface area contributed by atoms with E-state index in [2.05, 4.69) is 32.9 Å². The molecule has 1 aromatic rings. The van der Waals surface area contributed by atoms with Crippen molar-refractivity contribution in [1.82, 2.24) is 0 Å². The van der Waals surface area contributed by atoms with E-state index in [-0.39, 0.29) is 0 Å². The number of rotatable bonds is 1. The predicted molar refractivity (Wildman–Crippen MR) is 70.0 cm³/mol. The SMILES string of the molecule is C[C@@H]1[C@@H]2C[C@@H](C[C@H]2c2ccccc2O)C1(C)C. The maximum absolute atomic E-state index is 10.0. The van der Waals surface area contributed by atoms with E-state index in [4.69, 9.17) is 0 Å². The van der Waals surface area contributed by atoms with Crippen LogP contribution in [0.4, 0.5) is 0 Å². The molecule has 1 nitrogen and oxygen atoms in total. The molecule has 0 aromatic heterocycles. The highest BCUT2D eigenvalue weighted by Crippen LogP contribution is 2.64. The third-order valence-electron chi connectivity index (χ3n) is 5.82. The Morgan fingerprint density at radius 3 is 2.47 bits per heavy atom. The van der Waals surface area contributed by atoms with Crippen LogP contribution in [0, 0.1) is 23.2 Å². The molecule has 1 heteroatoms. The summed E-state index contributed by atoms with van der Waals surface area (Å²) in [5, 5.41) is 10.0. The van der Waals surface area contributed by atoms with Gasteiger partial charge in [-0.25, -0.2) is 0 Å². The van der Waals surface area contributed by atoms with Crippen LogP contribution in [-0.2, 0) is 0 Å². The summed E-state index contributed by atoms with van der Waals surface area (Å²) in [6, 6.07) is 7.91. The number of phenolic OH excluding ortho intramolecular Hbond substituents is 1. The van der Waals surface area contributed by atoms with Crippen molar-refractivity contribution in [3.05, 3.63) is 29.8 Å². The maximum atomic E-state index is 10.0. The minimum atomic E-state index is 0.492. The smallest absolute Gasteiger partial charge is 0.119 e. The van der Waals surface area contributed by atoms with Crippen LogP contribution in [0.2, 0.25) is 0 Å². The summed E-state index contributed by atoms with van der Waals surface area (Å²) in [7, 11) is 0. The summed E-state index contributed by atoms with van der Waals surface area (Å²) in [4.78, 5) is 0. The lowest BCUT2D eigenvalue weighted by molar-refractivity contribution is 0.121. The second-order valence-corrected chi connectivity index (χ2v) is 6.61. The average molecular weight is 230 g/mol. The molecule has 4 atom stereocenters. The van der Waals surface area contributed by atoms with Crippen LogP contribution in [0.25, 0.3) is 0 Å². The van der Waals surface area contributed by atoms with Crippen molar-refractivity contribution in [2.45, 2.75) is 39.5 Å². The van der Waals surface area contributed by atoms with Crippen molar-refractivity contribution in [3.63, 3.8) is 0 Å². The molecule has 2 aliphatic rings. The molecule has 92 valence electrons. The Morgan fingerprint density at radius 2 is 1.88 bits per heavy atom. The quantitative estimate of drug-likeness (QED) is 0.767. The summed E-state index contributed by atoms with van der Waals surface area (Å²) in [5.74, 6) is 3.46. The molecule has 2 saturated carbocycles. The van der Waals surface area contributed by atoms with Gasteiger partial charge in [-0.05, 0) is 53.6 Å². The van der Waals surface area contributed by atoms with Crippen LogP contribution in [0.15, 0.2) is 24.3 Å². The minimum Gasteiger partial charge on any atom is -0.508 e. The van der Waals surface area contributed by atoms with Gasteiger partial charge >= 0.3 is 0 Å². The number of phenols is 1. The zero-order valence-electron chi connectivity index (χ0n) is 11.0. The summed E-state index contributed by atoms with van der Waals surface area (Å²) in [6.45, 7) is 7.24. The Kier molecular flexibility index (Phi) is 2.30. The van der Waals surface area contributed by atoms with E-state index < -0.39 is 0 Å². The van der Waals surface area contributed by atoms with E-state index in [1.807, 2.05) is 12.1 Å². The van der Waals surface area contributed by atoms with Gasteiger partial charge in [0.15, 0.2) is 0 Å². The van der Waals surface area contributed by atoms with Gasteiger partial charge in [0, 0.05) is 0 Å². The van der Waals surface area contributed by atoms with Crippen molar-refractivity contribution in [2.24, 2.45) is 23.2 Å². The summed E-state index contributed by atoms with van der Waals surface area (Å²) >= 11 is 0. The number of para-hydroxylation sites is 1. The fraction of sp³-hybridized carbons (Fsp3) is 0.625. The van der Waals surface area contributed by atoms with Gasteiger partial charge in [0.2, 0.25) is 0 Å². The lowest BCUT2D eigenvalue weighted by Gasteiger charge is -2.40. The van der Waals surface area contributed by atoms with E-state index >= 15 is 0 Å².